The average molecular weight is 310 g/mol. The van der Waals surface area contributed by atoms with Crippen LogP contribution in [0.4, 0.5) is 18.0 Å². The van der Waals surface area contributed by atoms with Gasteiger partial charge in [-0.3, -0.25) is 4.79 Å². The fourth-order valence-electron chi connectivity index (χ4n) is 2.60. The van der Waals surface area contributed by atoms with Gasteiger partial charge in [-0.25, -0.2) is 4.79 Å². The molecule has 0 aromatic carbocycles. The molecule has 2 N–H and O–H groups in total. The third-order valence-electron chi connectivity index (χ3n) is 3.88. The summed E-state index contributed by atoms with van der Waals surface area (Å²) in [5.41, 5.74) is -1.05. The lowest BCUT2D eigenvalue weighted by molar-refractivity contribution is -0.151. The zero-order valence-corrected chi connectivity index (χ0v) is 12.0. The number of hydrogen-bond acceptors (Lipinski definition) is 2. The van der Waals surface area contributed by atoms with Gasteiger partial charge in [0.2, 0.25) is 0 Å². The zero-order valence-electron chi connectivity index (χ0n) is 12.0. The summed E-state index contributed by atoms with van der Waals surface area (Å²) in [5.74, 6) is -0.999. The van der Waals surface area contributed by atoms with E-state index in [4.69, 9.17) is 0 Å². The van der Waals surface area contributed by atoms with Gasteiger partial charge in [0.1, 0.15) is 6.54 Å². The molecule has 0 bridgehead atoms. The molecule has 1 aliphatic rings. The van der Waals surface area contributed by atoms with E-state index in [0.717, 1.165) is 19.3 Å². The van der Waals surface area contributed by atoms with Gasteiger partial charge < -0.3 is 15.3 Å². The number of rotatable bonds is 5. The minimum atomic E-state index is -4.47. The average Bonchev–Trinajstić information content (AvgIpc) is 2.42. The summed E-state index contributed by atoms with van der Waals surface area (Å²) in [6, 6.07) is -0.874. The lowest BCUT2D eigenvalue weighted by Crippen LogP contribution is -2.50. The van der Waals surface area contributed by atoms with Crippen molar-refractivity contribution in [1.82, 2.24) is 10.2 Å². The maximum Gasteiger partial charge on any atom is 0.406 e. The molecule has 122 valence electrons. The smallest absolute Gasteiger partial charge is 0.406 e. The second-order valence-electron chi connectivity index (χ2n) is 5.43. The number of hydrogen-bond donors (Lipinski definition) is 2. The second-order valence-corrected chi connectivity index (χ2v) is 5.43. The van der Waals surface area contributed by atoms with Crippen LogP contribution in [-0.4, -0.2) is 47.8 Å². The number of urea groups is 1. The maximum absolute atomic E-state index is 12.3. The summed E-state index contributed by atoms with van der Waals surface area (Å²) in [6.07, 6.45) is -1.15. The number of alkyl halides is 3. The van der Waals surface area contributed by atoms with E-state index < -0.39 is 30.1 Å². The number of carbonyl (C=O) groups is 2. The highest BCUT2D eigenvalue weighted by Gasteiger charge is 2.40. The van der Waals surface area contributed by atoms with E-state index in [-0.39, 0.29) is 13.1 Å². The normalized spacial score (nSPS) is 18.1. The summed E-state index contributed by atoms with van der Waals surface area (Å²) < 4.78 is 37.0. The molecule has 0 heterocycles. The molecular formula is C13H21F3N2O3. The number of nitrogens with zero attached hydrogens (tertiary/aromatic N) is 1. The van der Waals surface area contributed by atoms with Crippen molar-refractivity contribution in [2.75, 3.05) is 19.6 Å². The third kappa shape index (κ3) is 5.09. The van der Waals surface area contributed by atoms with E-state index in [1.165, 1.54) is 6.92 Å². The van der Waals surface area contributed by atoms with Crippen LogP contribution in [0.5, 0.6) is 0 Å². The van der Waals surface area contributed by atoms with Crippen LogP contribution >= 0.6 is 0 Å². The lowest BCUT2D eigenvalue weighted by Gasteiger charge is -2.34. The second kappa shape index (κ2) is 7.00. The van der Waals surface area contributed by atoms with E-state index in [1.54, 1.807) is 0 Å². The molecule has 2 amide bonds. The Morgan fingerprint density at radius 2 is 1.81 bits per heavy atom. The standard InChI is InChI=1S/C13H21F3N2O3/c1-2-18(9-13(14,15)16)11(21)17-8-12(10(19)20)6-4-3-5-7-12/h2-9H2,1H3,(H,17,21)(H,19,20). The SMILES string of the molecule is CCN(CC(F)(F)F)C(=O)NCC1(C(=O)O)CCCCC1. The highest BCUT2D eigenvalue weighted by Crippen LogP contribution is 2.36. The van der Waals surface area contributed by atoms with Crippen LogP contribution in [-0.2, 0) is 4.79 Å². The van der Waals surface area contributed by atoms with Crippen LogP contribution < -0.4 is 5.32 Å². The molecule has 0 aliphatic heterocycles. The number of carbonyl (C=O) groups excluding carboxylic acids is 1. The summed E-state index contributed by atoms with van der Waals surface area (Å²) in [4.78, 5) is 23.8. The van der Waals surface area contributed by atoms with E-state index >= 15 is 0 Å². The fourth-order valence-corrected chi connectivity index (χ4v) is 2.60. The summed E-state index contributed by atoms with van der Waals surface area (Å²) in [7, 11) is 0. The zero-order chi connectivity index (χ0) is 16.1. The number of carboxylic acids is 1. The predicted octanol–water partition coefficient (Wildman–Crippen LogP) is 2.62. The van der Waals surface area contributed by atoms with Gasteiger partial charge in [-0.1, -0.05) is 19.3 Å². The molecule has 1 fully saturated rings. The van der Waals surface area contributed by atoms with Gasteiger partial charge in [0.25, 0.3) is 0 Å². The first-order valence-corrected chi connectivity index (χ1v) is 7.03. The minimum absolute atomic E-state index is 0.0919. The molecule has 0 aromatic rings. The van der Waals surface area contributed by atoms with Gasteiger partial charge >= 0.3 is 18.2 Å². The van der Waals surface area contributed by atoms with Crippen molar-refractivity contribution in [3.8, 4) is 0 Å². The molecule has 0 saturated heterocycles. The van der Waals surface area contributed by atoms with Crippen molar-refractivity contribution in [2.24, 2.45) is 5.41 Å². The van der Waals surface area contributed by atoms with Crippen molar-refractivity contribution in [3.63, 3.8) is 0 Å². The molecule has 0 atom stereocenters. The molecule has 1 aliphatic carbocycles. The monoisotopic (exact) mass is 310 g/mol. The molecule has 0 radical (unpaired) electrons. The van der Waals surface area contributed by atoms with Gasteiger partial charge in [0.05, 0.1) is 5.41 Å². The Morgan fingerprint density at radius 1 is 1.24 bits per heavy atom. The third-order valence-corrected chi connectivity index (χ3v) is 3.88. The van der Waals surface area contributed by atoms with Crippen LogP contribution in [0.2, 0.25) is 0 Å². The first-order chi connectivity index (χ1) is 9.70. The summed E-state index contributed by atoms with van der Waals surface area (Å²) >= 11 is 0. The minimum Gasteiger partial charge on any atom is -0.481 e. The van der Waals surface area contributed by atoms with Crippen molar-refractivity contribution in [2.45, 2.75) is 45.2 Å². The Hall–Kier alpha value is -1.47. The van der Waals surface area contributed by atoms with Gasteiger partial charge in [0.15, 0.2) is 0 Å². The van der Waals surface area contributed by atoms with E-state index in [2.05, 4.69) is 5.32 Å². The Bertz CT molecular complexity index is 379. The maximum atomic E-state index is 12.3. The van der Waals surface area contributed by atoms with Crippen LogP contribution in [0.25, 0.3) is 0 Å². The molecule has 21 heavy (non-hydrogen) atoms. The summed E-state index contributed by atoms with van der Waals surface area (Å²) in [5, 5.41) is 11.7. The molecular weight excluding hydrogens is 289 g/mol. The van der Waals surface area contributed by atoms with Crippen LogP contribution in [0.1, 0.15) is 39.0 Å². The van der Waals surface area contributed by atoms with Crippen LogP contribution in [0.3, 0.4) is 0 Å². The molecule has 8 heteroatoms. The highest BCUT2D eigenvalue weighted by atomic mass is 19.4. The molecule has 5 nitrogen and oxygen atoms in total. The fraction of sp³-hybridized carbons (Fsp3) is 0.846. The van der Waals surface area contributed by atoms with Crippen molar-refractivity contribution >= 4 is 12.0 Å². The first kappa shape index (κ1) is 17.6. The number of halogens is 3. The van der Waals surface area contributed by atoms with E-state index in [0.29, 0.717) is 17.7 Å². The molecule has 0 aromatic heterocycles. The quantitative estimate of drug-likeness (QED) is 0.820. The van der Waals surface area contributed by atoms with Crippen molar-refractivity contribution < 1.29 is 27.9 Å². The van der Waals surface area contributed by atoms with Gasteiger partial charge in [-0.15, -0.1) is 0 Å². The molecule has 0 unspecified atom stereocenters. The Kier molecular flexibility index (Phi) is 5.86. The molecule has 1 rings (SSSR count). The lowest BCUT2D eigenvalue weighted by atomic mass is 9.74. The van der Waals surface area contributed by atoms with Gasteiger partial charge in [0, 0.05) is 13.1 Å². The van der Waals surface area contributed by atoms with E-state index in [1.807, 2.05) is 0 Å². The molecule has 1 saturated carbocycles. The summed E-state index contributed by atoms with van der Waals surface area (Å²) in [6.45, 7) is -0.116. The predicted molar refractivity (Wildman–Crippen MR) is 69.9 cm³/mol. The number of nitrogens with one attached hydrogen (secondary N) is 1. The molecule has 0 spiro atoms. The first-order valence-electron chi connectivity index (χ1n) is 7.03. The number of amides is 2. The van der Waals surface area contributed by atoms with Gasteiger partial charge in [-0.2, -0.15) is 13.2 Å². The van der Waals surface area contributed by atoms with Crippen molar-refractivity contribution in [1.29, 1.82) is 0 Å². The largest absolute Gasteiger partial charge is 0.481 e. The number of carboxylic acid groups (broad SMARTS) is 1. The highest BCUT2D eigenvalue weighted by molar-refractivity contribution is 5.78. The van der Waals surface area contributed by atoms with Crippen LogP contribution in [0, 0.1) is 5.41 Å². The topological polar surface area (TPSA) is 69.6 Å². The number of aliphatic carboxylic acids is 1. The van der Waals surface area contributed by atoms with Crippen molar-refractivity contribution in [3.05, 3.63) is 0 Å². The Balaban J connectivity index is 2.62. The van der Waals surface area contributed by atoms with Gasteiger partial charge in [-0.05, 0) is 19.8 Å². The van der Waals surface area contributed by atoms with Crippen LogP contribution in [0.15, 0.2) is 0 Å². The Morgan fingerprint density at radius 3 is 2.24 bits per heavy atom. The Labute approximate surface area is 121 Å². The van der Waals surface area contributed by atoms with E-state index in [9.17, 15) is 27.9 Å².